The molecule has 1 aromatic heterocycles. The number of nitrogens with zero attached hydrogens (tertiary/aromatic N) is 3. The summed E-state index contributed by atoms with van der Waals surface area (Å²) in [5.41, 5.74) is 7.96. The first kappa shape index (κ1) is 19.5. The van der Waals surface area contributed by atoms with Crippen molar-refractivity contribution in [3.63, 3.8) is 0 Å². The standard InChI is InChI=1S/C20H24N4O4/c1-13(25)23-8-10-24(11-9-23)20(26)19-15(21)5-6-16(22-19)14-4-7-17(27-2)18(12-14)28-3/h4-7,12H,8-11,21H2,1-3H3. The summed E-state index contributed by atoms with van der Waals surface area (Å²) in [5, 5.41) is 0. The van der Waals surface area contributed by atoms with Gasteiger partial charge in [0.15, 0.2) is 17.2 Å². The van der Waals surface area contributed by atoms with Crippen LogP contribution >= 0.6 is 0 Å². The number of amides is 2. The second-order valence-corrected chi connectivity index (χ2v) is 6.50. The molecule has 0 aliphatic carbocycles. The Morgan fingerprint density at radius 1 is 0.964 bits per heavy atom. The van der Waals surface area contributed by atoms with Crippen LogP contribution in [0, 0.1) is 0 Å². The number of pyridine rings is 1. The van der Waals surface area contributed by atoms with Crippen molar-refractivity contribution in [1.29, 1.82) is 0 Å². The zero-order valence-electron chi connectivity index (χ0n) is 16.3. The predicted molar refractivity (Wildman–Crippen MR) is 105 cm³/mol. The van der Waals surface area contributed by atoms with Gasteiger partial charge in [0.2, 0.25) is 5.91 Å². The number of nitrogen functional groups attached to an aromatic ring is 1. The SMILES string of the molecule is COc1ccc(-c2ccc(N)c(C(=O)N3CCN(C(C)=O)CC3)n2)cc1OC. The van der Waals surface area contributed by atoms with Gasteiger partial charge in [-0.25, -0.2) is 4.98 Å². The van der Waals surface area contributed by atoms with Gasteiger partial charge in [-0.05, 0) is 30.3 Å². The maximum atomic E-state index is 12.9. The van der Waals surface area contributed by atoms with E-state index in [1.165, 1.54) is 6.92 Å². The number of methoxy groups -OCH3 is 2. The first-order chi connectivity index (χ1) is 13.4. The third-order valence-electron chi connectivity index (χ3n) is 4.82. The molecule has 1 aliphatic rings. The van der Waals surface area contributed by atoms with E-state index in [2.05, 4.69) is 4.98 Å². The van der Waals surface area contributed by atoms with Crippen molar-refractivity contribution in [2.45, 2.75) is 6.92 Å². The molecule has 0 saturated carbocycles. The van der Waals surface area contributed by atoms with Gasteiger partial charge in [-0.15, -0.1) is 0 Å². The maximum absolute atomic E-state index is 12.9. The number of anilines is 1. The number of piperazine rings is 1. The maximum Gasteiger partial charge on any atom is 0.274 e. The summed E-state index contributed by atoms with van der Waals surface area (Å²) in [4.78, 5) is 32.3. The molecule has 8 heteroatoms. The number of rotatable bonds is 4. The van der Waals surface area contributed by atoms with Crippen LogP contribution in [0.4, 0.5) is 5.69 Å². The molecule has 0 radical (unpaired) electrons. The van der Waals surface area contributed by atoms with Crippen molar-refractivity contribution in [2.75, 3.05) is 46.1 Å². The summed E-state index contributed by atoms with van der Waals surface area (Å²) in [5.74, 6) is 0.969. The summed E-state index contributed by atoms with van der Waals surface area (Å²) < 4.78 is 10.6. The summed E-state index contributed by atoms with van der Waals surface area (Å²) in [6.45, 7) is 3.47. The molecule has 2 heterocycles. The molecule has 1 saturated heterocycles. The largest absolute Gasteiger partial charge is 0.493 e. The molecule has 0 atom stereocenters. The van der Waals surface area contributed by atoms with Gasteiger partial charge in [0.1, 0.15) is 0 Å². The Labute approximate surface area is 163 Å². The van der Waals surface area contributed by atoms with Gasteiger partial charge in [0.05, 0.1) is 25.6 Å². The van der Waals surface area contributed by atoms with Crippen LogP contribution in [0.2, 0.25) is 0 Å². The summed E-state index contributed by atoms with van der Waals surface area (Å²) in [6.07, 6.45) is 0. The average Bonchev–Trinajstić information content (AvgIpc) is 2.73. The monoisotopic (exact) mass is 384 g/mol. The Morgan fingerprint density at radius 3 is 2.21 bits per heavy atom. The molecule has 2 amide bonds. The lowest BCUT2D eigenvalue weighted by Gasteiger charge is -2.34. The molecule has 2 N–H and O–H groups in total. The molecule has 2 aromatic rings. The Hall–Kier alpha value is -3.29. The van der Waals surface area contributed by atoms with Crippen LogP contribution in [0.5, 0.6) is 11.5 Å². The van der Waals surface area contributed by atoms with E-state index in [0.29, 0.717) is 49.1 Å². The van der Waals surface area contributed by atoms with Gasteiger partial charge in [-0.2, -0.15) is 0 Å². The van der Waals surface area contributed by atoms with Gasteiger partial charge < -0.3 is 25.0 Å². The number of nitrogens with two attached hydrogens (primary N) is 1. The van der Waals surface area contributed by atoms with Crippen LogP contribution in [0.1, 0.15) is 17.4 Å². The fourth-order valence-corrected chi connectivity index (χ4v) is 3.17. The number of hydrogen-bond donors (Lipinski definition) is 1. The molecule has 0 unspecified atom stereocenters. The Morgan fingerprint density at radius 2 is 1.61 bits per heavy atom. The molecule has 1 aliphatic heterocycles. The number of aromatic nitrogens is 1. The van der Waals surface area contributed by atoms with E-state index in [4.69, 9.17) is 15.2 Å². The smallest absolute Gasteiger partial charge is 0.274 e. The minimum absolute atomic E-state index is 0.0141. The summed E-state index contributed by atoms with van der Waals surface area (Å²) in [6, 6.07) is 8.88. The third-order valence-corrected chi connectivity index (χ3v) is 4.82. The quantitative estimate of drug-likeness (QED) is 0.861. The van der Waals surface area contributed by atoms with Crippen molar-refractivity contribution < 1.29 is 19.1 Å². The van der Waals surface area contributed by atoms with E-state index < -0.39 is 0 Å². The Kier molecular flexibility index (Phi) is 5.67. The summed E-state index contributed by atoms with van der Waals surface area (Å²) >= 11 is 0. The molecule has 148 valence electrons. The van der Waals surface area contributed by atoms with Crippen molar-refractivity contribution in [3.05, 3.63) is 36.0 Å². The molecular formula is C20H24N4O4. The van der Waals surface area contributed by atoms with Crippen molar-refractivity contribution in [2.24, 2.45) is 0 Å². The average molecular weight is 384 g/mol. The molecular weight excluding hydrogens is 360 g/mol. The molecule has 1 aromatic carbocycles. The fraction of sp³-hybridized carbons (Fsp3) is 0.350. The highest BCUT2D eigenvalue weighted by Gasteiger charge is 2.25. The number of carbonyl (C=O) groups is 2. The molecule has 0 spiro atoms. The highest BCUT2D eigenvalue weighted by molar-refractivity contribution is 5.98. The lowest BCUT2D eigenvalue weighted by Crippen LogP contribution is -2.50. The van der Waals surface area contributed by atoms with Crippen molar-refractivity contribution in [3.8, 4) is 22.8 Å². The van der Waals surface area contributed by atoms with E-state index in [1.807, 2.05) is 6.07 Å². The second-order valence-electron chi connectivity index (χ2n) is 6.50. The molecule has 28 heavy (non-hydrogen) atoms. The normalized spacial score (nSPS) is 14.0. The second kappa shape index (κ2) is 8.16. The number of carbonyl (C=O) groups excluding carboxylic acids is 2. The minimum atomic E-state index is -0.233. The third kappa shape index (κ3) is 3.85. The zero-order chi connectivity index (χ0) is 20.3. The molecule has 8 nitrogen and oxygen atoms in total. The van der Waals surface area contributed by atoms with Crippen molar-refractivity contribution in [1.82, 2.24) is 14.8 Å². The Balaban J connectivity index is 1.86. The van der Waals surface area contributed by atoms with Crippen LogP contribution in [-0.2, 0) is 4.79 Å². The van der Waals surface area contributed by atoms with Crippen LogP contribution < -0.4 is 15.2 Å². The molecule has 0 bridgehead atoms. The number of benzene rings is 1. The lowest BCUT2D eigenvalue weighted by molar-refractivity contribution is -0.130. The van der Waals surface area contributed by atoms with Gasteiger partial charge >= 0.3 is 0 Å². The first-order valence-electron chi connectivity index (χ1n) is 8.98. The van der Waals surface area contributed by atoms with Crippen LogP contribution in [0.3, 0.4) is 0 Å². The fourth-order valence-electron chi connectivity index (χ4n) is 3.17. The number of ether oxygens (including phenoxy) is 2. The first-order valence-corrected chi connectivity index (χ1v) is 8.98. The van der Waals surface area contributed by atoms with E-state index in [9.17, 15) is 9.59 Å². The lowest BCUT2D eigenvalue weighted by atomic mass is 10.1. The number of hydrogen-bond acceptors (Lipinski definition) is 6. The van der Waals surface area contributed by atoms with Gasteiger partial charge in [-0.1, -0.05) is 0 Å². The topological polar surface area (TPSA) is 98.0 Å². The van der Waals surface area contributed by atoms with Gasteiger partial charge in [0.25, 0.3) is 5.91 Å². The van der Waals surface area contributed by atoms with Crippen LogP contribution in [0.15, 0.2) is 30.3 Å². The van der Waals surface area contributed by atoms with E-state index in [-0.39, 0.29) is 17.5 Å². The van der Waals surface area contributed by atoms with Crippen molar-refractivity contribution >= 4 is 17.5 Å². The predicted octanol–water partition coefficient (Wildman–Crippen LogP) is 1.65. The zero-order valence-corrected chi connectivity index (χ0v) is 16.3. The van der Waals surface area contributed by atoms with E-state index in [0.717, 1.165) is 5.56 Å². The Bertz CT molecular complexity index is 892. The van der Waals surface area contributed by atoms with Crippen LogP contribution in [-0.4, -0.2) is 67.0 Å². The van der Waals surface area contributed by atoms with Gasteiger partial charge in [0, 0.05) is 38.7 Å². The van der Waals surface area contributed by atoms with Gasteiger partial charge in [-0.3, -0.25) is 9.59 Å². The molecule has 1 fully saturated rings. The highest BCUT2D eigenvalue weighted by atomic mass is 16.5. The summed E-state index contributed by atoms with van der Waals surface area (Å²) in [7, 11) is 3.13. The van der Waals surface area contributed by atoms with Crippen LogP contribution in [0.25, 0.3) is 11.3 Å². The highest BCUT2D eigenvalue weighted by Crippen LogP contribution is 2.32. The minimum Gasteiger partial charge on any atom is -0.493 e. The van der Waals surface area contributed by atoms with E-state index in [1.54, 1.807) is 48.3 Å². The molecule has 3 rings (SSSR count). The van der Waals surface area contributed by atoms with E-state index >= 15 is 0 Å².